The van der Waals surface area contributed by atoms with Gasteiger partial charge in [0.05, 0.1) is 23.1 Å². The molecule has 0 atom stereocenters. The summed E-state index contributed by atoms with van der Waals surface area (Å²) in [5.74, 6) is -1.80. The Bertz CT molecular complexity index is 739. The molecule has 2 aromatic rings. The zero-order chi connectivity index (χ0) is 15.7. The molecular formula is C13H12FN3O4. The van der Waals surface area contributed by atoms with Gasteiger partial charge in [-0.15, -0.1) is 0 Å². The van der Waals surface area contributed by atoms with Gasteiger partial charge in [0.25, 0.3) is 5.69 Å². The fraction of sp³-hybridized carbons (Fsp3) is 0.231. The number of non-ortho nitro benzene ring substituents is 1. The molecule has 21 heavy (non-hydrogen) atoms. The smallest absolute Gasteiger partial charge is 0.307 e. The third-order valence-corrected chi connectivity index (χ3v) is 3.14. The summed E-state index contributed by atoms with van der Waals surface area (Å²) in [7, 11) is 0. The number of halogens is 1. The van der Waals surface area contributed by atoms with E-state index in [1.807, 2.05) is 0 Å². The van der Waals surface area contributed by atoms with Crippen LogP contribution >= 0.6 is 0 Å². The molecule has 1 N–H and O–H groups in total. The molecule has 8 heteroatoms. The van der Waals surface area contributed by atoms with Gasteiger partial charge in [-0.25, -0.2) is 9.07 Å². The summed E-state index contributed by atoms with van der Waals surface area (Å²) in [6, 6.07) is 3.23. The van der Waals surface area contributed by atoms with Crippen molar-refractivity contribution in [2.75, 3.05) is 0 Å². The van der Waals surface area contributed by atoms with Gasteiger partial charge in [-0.2, -0.15) is 5.10 Å². The fourth-order valence-electron chi connectivity index (χ4n) is 2.10. The predicted molar refractivity (Wildman–Crippen MR) is 71.0 cm³/mol. The van der Waals surface area contributed by atoms with E-state index in [4.69, 9.17) is 5.11 Å². The molecule has 0 aliphatic heterocycles. The van der Waals surface area contributed by atoms with Crippen molar-refractivity contribution < 1.29 is 19.2 Å². The SMILES string of the molecule is Cc1nn(-c2ccc([N+](=O)[O-])cc2F)c(C)c1CC(=O)O. The van der Waals surface area contributed by atoms with Gasteiger partial charge in [0.15, 0.2) is 5.82 Å². The molecule has 0 fully saturated rings. The van der Waals surface area contributed by atoms with E-state index in [0.29, 0.717) is 17.0 Å². The van der Waals surface area contributed by atoms with Crippen LogP contribution in [0, 0.1) is 29.8 Å². The summed E-state index contributed by atoms with van der Waals surface area (Å²) < 4.78 is 15.3. The van der Waals surface area contributed by atoms with Crippen molar-refractivity contribution in [1.82, 2.24) is 9.78 Å². The lowest BCUT2D eigenvalue weighted by Crippen LogP contribution is -2.05. The zero-order valence-electron chi connectivity index (χ0n) is 11.3. The lowest BCUT2D eigenvalue weighted by atomic mass is 10.1. The van der Waals surface area contributed by atoms with E-state index in [-0.39, 0.29) is 17.8 Å². The Morgan fingerprint density at radius 2 is 2.14 bits per heavy atom. The number of rotatable bonds is 4. The number of nitro benzene ring substituents is 1. The number of aromatic nitrogens is 2. The van der Waals surface area contributed by atoms with Crippen LogP contribution in [0.25, 0.3) is 5.69 Å². The normalized spacial score (nSPS) is 10.6. The average molecular weight is 293 g/mol. The Kier molecular flexibility index (Phi) is 3.70. The number of nitrogens with zero attached hydrogens (tertiary/aromatic N) is 3. The number of aliphatic carboxylic acids is 1. The number of hydrogen-bond acceptors (Lipinski definition) is 4. The number of benzene rings is 1. The molecule has 0 aliphatic rings. The molecule has 0 amide bonds. The van der Waals surface area contributed by atoms with E-state index in [0.717, 1.165) is 6.07 Å². The fourth-order valence-corrected chi connectivity index (χ4v) is 2.10. The molecule has 1 aromatic carbocycles. The highest BCUT2D eigenvalue weighted by atomic mass is 19.1. The number of carboxylic acids is 1. The van der Waals surface area contributed by atoms with Crippen molar-refractivity contribution in [2.45, 2.75) is 20.3 Å². The largest absolute Gasteiger partial charge is 0.481 e. The number of aryl methyl sites for hydroxylation is 1. The number of carboxylic acid groups (broad SMARTS) is 1. The first-order valence-electron chi connectivity index (χ1n) is 6.02. The highest BCUT2D eigenvalue weighted by Gasteiger charge is 2.19. The van der Waals surface area contributed by atoms with Gasteiger partial charge in [-0.05, 0) is 19.9 Å². The maximum atomic E-state index is 14.0. The minimum absolute atomic E-state index is 0.0397. The van der Waals surface area contributed by atoms with E-state index in [1.54, 1.807) is 13.8 Å². The molecule has 110 valence electrons. The van der Waals surface area contributed by atoms with Gasteiger partial charge in [0.1, 0.15) is 5.69 Å². The molecule has 0 saturated heterocycles. The summed E-state index contributed by atoms with van der Waals surface area (Å²) in [5, 5.41) is 23.6. The monoisotopic (exact) mass is 293 g/mol. The Hall–Kier alpha value is -2.77. The second kappa shape index (κ2) is 5.31. The van der Waals surface area contributed by atoms with Crippen LogP contribution < -0.4 is 0 Å². The third kappa shape index (κ3) is 2.73. The van der Waals surface area contributed by atoms with Crippen LogP contribution in [0.2, 0.25) is 0 Å². The molecule has 7 nitrogen and oxygen atoms in total. The van der Waals surface area contributed by atoms with Crippen LogP contribution in [0.15, 0.2) is 18.2 Å². The lowest BCUT2D eigenvalue weighted by molar-refractivity contribution is -0.385. The highest BCUT2D eigenvalue weighted by Crippen LogP contribution is 2.23. The van der Waals surface area contributed by atoms with Crippen molar-refractivity contribution in [1.29, 1.82) is 0 Å². The van der Waals surface area contributed by atoms with Crippen molar-refractivity contribution >= 4 is 11.7 Å². The van der Waals surface area contributed by atoms with Gasteiger partial charge in [0.2, 0.25) is 0 Å². The molecule has 0 aliphatic carbocycles. The Labute approximate surface area is 118 Å². The maximum absolute atomic E-state index is 14.0. The van der Waals surface area contributed by atoms with Gasteiger partial charge < -0.3 is 5.11 Å². The first-order chi connectivity index (χ1) is 9.81. The van der Waals surface area contributed by atoms with Gasteiger partial charge in [-0.1, -0.05) is 0 Å². The van der Waals surface area contributed by atoms with E-state index in [9.17, 15) is 19.3 Å². The third-order valence-electron chi connectivity index (χ3n) is 3.14. The molecule has 1 aromatic heterocycles. The standard InChI is InChI=1S/C13H12FN3O4/c1-7-10(6-13(18)19)8(2)16(15-7)12-4-3-9(17(20)21)5-11(12)14/h3-5H,6H2,1-2H3,(H,18,19). The van der Waals surface area contributed by atoms with Crippen LogP contribution in [-0.2, 0) is 11.2 Å². The molecule has 0 bridgehead atoms. The second-order valence-electron chi connectivity index (χ2n) is 4.52. The maximum Gasteiger partial charge on any atom is 0.307 e. The van der Waals surface area contributed by atoms with Crippen LogP contribution in [0.3, 0.4) is 0 Å². The zero-order valence-corrected chi connectivity index (χ0v) is 11.3. The van der Waals surface area contributed by atoms with E-state index < -0.39 is 16.7 Å². The summed E-state index contributed by atoms with van der Waals surface area (Å²) in [5.41, 5.74) is 1.15. The number of carbonyl (C=O) groups is 1. The highest BCUT2D eigenvalue weighted by molar-refractivity contribution is 5.71. The van der Waals surface area contributed by atoms with Crippen LogP contribution in [0.1, 0.15) is 17.0 Å². The lowest BCUT2D eigenvalue weighted by Gasteiger charge is -2.06. The van der Waals surface area contributed by atoms with Crippen molar-refractivity contribution in [2.24, 2.45) is 0 Å². The molecule has 2 rings (SSSR count). The van der Waals surface area contributed by atoms with Crippen LogP contribution in [0.4, 0.5) is 10.1 Å². The quantitative estimate of drug-likeness (QED) is 0.688. The summed E-state index contributed by atoms with van der Waals surface area (Å²) >= 11 is 0. The molecule has 0 saturated carbocycles. The summed E-state index contributed by atoms with van der Waals surface area (Å²) in [6.07, 6.45) is -0.216. The van der Waals surface area contributed by atoms with Crippen LogP contribution in [0.5, 0.6) is 0 Å². The summed E-state index contributed by atoms with van der Waals surface area (Å²) in [4.78, 5) is 20.7. The Morgan fingerprint density at radius 1 is 1.48 bits per heavy atom. The van der Waals surface area contributed by atoms with Gasteiger partial charge in [0, 0.05) is 17.3 Å². The molecule has 0 spiro atoms. The summed E-state index contributed by atoms with van der Waals surface area (Å²) in [6.45, 7) is 3.25. The predicted octanol–water partition coefficient (Wildman–Crippen LogP) is 2.16. The molecule has 0 unspecified atom stereocenters. The average Bonchev–Trinajstić information content (AvgIpc) is 2.66. The van der Waals surface area contributed by atoms with E-state index >= 15 is 0 Å². The van der Waals surface area contributed by atoms with Gasteiger partial charge in [-0.3, -0.25) is 14.9 Å². The van der Waals surface area contributed by atoms with Crippen molar-refractivity contribution in [3.8, 4) is 5.69 Å². The number of nitro groups is 1. The van der Waals surface area contributed by atoms with Crippen LogP contribution in [-0.4, -0.2) is 25.8 Å². The first-order valence-corrected chi connectivity index (χ1v) is 6.02. The Balaban J connectivity index is 2.53. The van der Waals surface area contributed by atoms with E-state index in [2.05, 4.69) is 5.10 Å². The minimum Gasteiger partial charge on any atom is -0.481 e. The van der Waals surface area contributed by atoms with Crippen molar-refractivity contribution in [3.63, 3.8) is 0 Å². The second-order valence-corrected chi connectivity index (χ2v) is 4.52. The number of hydrogen-bond donors (Lipinski definition) is 1. The van der Waals surface area contributed by atoms with Gasteiger partial charge >= 0.3 is 5.97 Å². The molecule has 1 heterocycles. The molecular weight excluding hydrogens is 281 g/mol. The molecule has 0 radical (unpaired) electrons. The van der Waals surface area contributed by atoms with Crippen molar-refractivity contribution in [3.05, 3.63) is 51.1 Å². The van der Waals surface area contributed by atoms with E-state index in [1.165, 1.54) is 16.8 Å². The Morgan fingerprint density at radius 3 is 2.67 bits per heavy atom. The first kappa shape index (κ1) is 14.6. The minimum atomic E-state index is -1.01. The topological polar surface area (TPSA) is 98.3 Å².